The minimum Gasteiger partial charge on any atom is -0.481 e. The number of carbonyl (C=O) groups excluding carboxylic acids is 2. The van der Waals surface area contributed by atoms with E-state index in [1.54, 1.807) is 0 Å². The lowest BCUT2D eigenvalue weighted by atomic mass is 9.94. The Kier molecular flexibility index (Phi) is 6.72. The van der Waals surface area contributed by atoms with Crippen LogP contribution < -0.4 is 10.6 Å². The number of rotatable bonds is 6. The van der Waals surface area contributed by atoms with E-state index < -0.39 is 12.0 Å². The van der Waals surface area contributed by atoms with Gasteiger partial charge >= 0.3 is 12.0 Å². The summed E-state index contributed by atoms with van der Waals surface area (Å²) in [5.74, 6) is -0.953. The highest BCUT2D eigenvalue weighted by atomic mass is 16.4. The number of likely N-dealkylation sites (tertiary alicyclic amines) is 1. The number of nitrogens with one attached hydrogen (secondary N) is 2. The fourth-order valence-corrected chi connectivity index (χ4v) is 2.17. The van der Waals surface area contributed by atoms with Gasteiger partial charge in [0, 0.05) is 13.0 Å². The number of urea groups is 1. The summed E-state index contributed by atoms with van der Waals surface area (Å²) in [5.41, 5.74) is 0. The van der Waals surface area contributed by atoms with E-state index in [9.17, 15) is 14.4 Å². The molecule has 0 spiro atoms. The smallest absolute Gasteiger partial charge is 0.321 e. The molecule has 20 heavy (non-hydrogen) atoms. The van der Waals surface area contributed by atoms with Crippen LogP contribution in [0.25, 0.3) is 0 Å². The van der Waals surface area contributed by atoms with Crippen LogP contribution in [0.3, 0.4) is 0 Å². The molecule has 1 aliphatic heterocycles. The third kappa shape index (κ3) is 6.33. The molecule has 0 saturated carbocycles. The summed E-state index contributed by atoms with van der Waals surface area (Å²) < 4.78 is 0. The minimum absolute atomic E-state index is 0.154. The van der Waals surface area contributed by atoms with E-state index in [0.29, 0.717) is 19.6 Å². The van der Waals surface area contributed by atoms with Crippen LogP contribution in [0.15, 0.2) is 12.7 Å². The van der Waals surface area contributed by atoms with E-state index in [2.05, 4.69) is 17.2 Å². The second-order valence-corrected chi connectivity index (χ2v) is 4.86. The largest absolute Gasteiger partial charge is 0.481 e. The highest BCUT2D eigenvalue weighted by molar-refractivity contribution is 5.95. The SMILES string of the molecule is C=CCNC(=O)NC(=O)CN1CCC(CC(=O)O)CC1. The van der Waals surface area contributed by atoms with Crippen molar-refractivity contribution in [1.29, 1.82) is 0 Å². The molecule has 0 aromatic carbocycles. The fourth-order valence-electron chi connectivity index (χ4n) is 2.17. The summed E-state index contributed by atoms with van der Waals surface area (Å²) in [6.45, 7) is 5.28. The monoisotopic (exact) mass is 283 g/mol. The van der Waals surface area contributed by atoms with Gasteiger partial charge in [0.25, 0.3) is 0 Å². The Balaban J connectivity index is 2.22. The van der Waals surface area contributed by atoms with Crippen LogP contribution in [0, 0.1) is 5.92 Å². The van der Waals surface area contributed by atoms with Crippen LogP contribution in [-0.4, -0.2) is 54.1 Å². The first-order valence-corrected chi connectivity index (χ1v) is 6.64. The molecule has 1 heterocycles. The Bertz CT molecular complexity index is 376. The summed E-state index contributed by atoms with van der Waals surface area (Å²) in [6.07, 6.45) is 3.24. The Morgan fingerprint density at radius 3 is 2.50 bits per heavy atom. The lowest BCUT2D eigenvalue weighted by Crippen LogP contribution is -2.46. The van der Waals surface area contributed by atoms with Crippen LogP contribution in [0.4, 0.5) is 4.79 Å². The number of piperidine rings is 1. The highest BCUT2D eigenvalue weighted by Gasteiger charge is 2.22. The van der Waals surface area contributed by atoms with Gasteiger partial charge in [-0.1, -0.05) is 6.08 Å². The minimum atomic E-state index is -0.778. The van der Waals surface area contributed by atoms with Gasteiger partial charge in [0.15, 0.2) is 0 Å². The van der Waals surface area contributed by atoms with Gasteiger partial charge in [0.1, 0.15) is 0 Å². The van der Waals surface area contributed by atoms with Crippen LogP contribution in [0.1, 0.15) is 19.3 Å². The van der Waals surface area contributed by atoms with Gasteiger partial charge in [-0.2, -0.15) is 0 Å². The molecule has 3 amide bonds. The number of carbonyl (C=O) groups is 3. The molecule has 7 heteroatoms. The Morgan fingerprint density at radius 2 is 1.95 bits per heavy atom. The van der Waals surface area contributed by atoms with Crippen LogP contribution in [0.2, 0.25) is 0 Å². The molecule has 3 N–H and O–H groups in total. The zero-order valence-corrected chi connectivity index (χ0v) is 11.4. The summed E-state index contributed by atoms with van der Waals surface area (Å²) in [4.78, 5) is 35.4. The molecule has 0 aliphatic carbocycles. The van der Waals surface area contributed by atoms with Crippen LogP contribution in [-0.2, 0) is 9.59 Å². The van der Waals surface area contributed by atoms with Crippen molar-refractivity contribution in [2.45, 2.75) is 19.3 Å². The van der Waals surface area contributed by atoms with Crippen molar-refractivity contribution in [3.05, 3.63) is 12.7 Å². The Hall–Kier alpha value is -1.89. The first kappa shape index (κ1) is 16.2. The van der Waals surface area contributed by atoms with Gasteiger partial charge in [0.05, 0.1) is 6.54 Å². The lowest BCUT2D eigenvalue weighted by Gasteiger charge is -2.30. The second-order valence-electron chi connectivity index (χ2n) is 4.86. The summed E-state index contributed by atoms with van der Waals surface area (Å²) in [7, 11) is 0. The number of hydrogen-bond acceptors (Lipinski definition) is 4. The third-order valence-corrected chi connectivity index (χ3v) is 3.20. The van der Waals surface area contributed by atoms with E-state index in [-0.39, 0.29) is 24.8 Å². The molecule has 0 aromatic heterocycles. The number of amides is 3. The van der Waals surface area contributed by atoms with Crippen molar-refractivity contribution in [1.82, 2.24) is 15.5 Å². The van der Waals surface area contributed by atoms with Crippen LogP contribution in [0.5, 0.6) is 0 Å². The van der Waals surface area contributed by atoms with E-state index in [1.807, 2.05) is 4.90 Å². The average Bonchev–Trinajstić information content (AvgIpc) is 2.38. The normalized spacial score (nSPS) is 16.4. The Morgan fingerprint density at radius 1 is 1.30 bits per heavy atom. The molecule has 1 rings (SSSR count). The molecule has 0 bridgehead atoms. The molecular weight excluding hydrogens is 262 g/mol. The summed E-state index contributed by atoms with van der Waals surface area (Å²) in [6, 6.07) is -0.532. The van der Waals surface area contributed by atoms with Crippen molar-refractivity contribution >= 4 is 17.9 Å². The first-order valence-electron chi connectivity index (χ1n) is 6.64. The zero-order valence-electron chi connectivity index (χ0n) is 11.4. The standard InChI is InChI=1S/C13H21N3O4/c1-2-5-14-13(20)15-11(17)9-16-6-3-10(4-7-16)8-12(18)19/h2,10H,1,3-9H2,(H,18,19)(H2,14,15,17,20). The first-order chi connectivity index (χ1) is 9.51. The van der Waals surface area contributed by atoms with Gasteiger partial charge in [0.2, 0.25) is 5.91 Å². The maximum Gasteiger partial charge on any atom is 0.321 e. The molecule has 0 radical (unpaired) electrons. The van der Waals surface area contributed by atoms with E-state index in [1.165, 1.54) is 6.08 Å². The summed E-state index contributed by atoms with van der Waals surface area (Å²) >= 11 is 0. The van der Waals surface area contributed by atoms with Gasteiger partial charge in [-0.15, -0.1) is 6.58 Å². The van der Waals surface area contributed by atoms with Gasteiger partial charge < -0.3 is 10.4 Å². The molecule has 1 fully saturated rings. The summed E-state index contributed by atoms with van der Waals surface area (Å²) in [5, 5.41) is 13.4. The van der Waals surface area contributed by atoms with E-state index in [4.69, 9.17) is 5.11 Å². The molecule has 1 saturated heterocycles. The predicted octanol–water partition coefficient (Wildman–Crippen LogP) is 0.185. The van der Waals surface area contributed by atoms with Crippen molar-refractivity contribution in [2.24, 2.45) is 5.92 Å². The average molecular weight is 283 g/mol. The maximum atomic E-state index is 11.6. The fraction of sp³-hybridized carbons (Fsp3) is 0.615. The van der Waals surface area contributed by atoms with Crippen molar-refractivity contribution in [3.63, 3.8) is 0 Å². The number of imide groups is 1. The second kappa shape index (κ2) is 8.31. The van der Waals surface area contributed by atoms with Gasteiger partial charge in [-0.05, 0) is 31.8 Å². The predicted molar refractivity (Wildman–Crippen MR) is 73.2 cm³/mol. The maximum absolute atomic E-state index is 11.6. The number of nitrogens with zero attached hydrogens (tertiary/aromatic N) is 1. The van der Waals surface area contributed by atoms with Gasteiger partial charge in [-0.25, -0.2) is 4.79 Å². The van der Waals surface area contributed by atoms with E-state index >= 15 is 0 Å². The van der Waals surface area contributed by atoms with E-state index in [0.717, 1.165) is 12.8 Å². The topological polar surface area (TPSA) is 98.7 Å². The molecule has 112 valence electrons. The number of carboxylic acids is 1. The highest BCUT2D eigenvalue weighted by Crippen LogP contribution is 2.19. The molecule has 0 unspecified atom stereocenters. The van der Waals surface area contributed by atoms with Crippen molar-refractivity contribution in [3.8, 4) is 0 Å². The molecular formula is C13H21N3O4. The number of aliphatic carboxylic acids is 1. The van der Waals surface area contributed by atoms with Crippen molar-refractivity contribution in [2.75, 3.05) is 26.2 Å². The lowest BCUT2D eigenvalue weighted by molar-refractivity contribution is -0.138. The quantitative estimate of drug-likeness (QED) is 0.604. The number of carboxylic acid groups (broad SMARTS) is 1. The molecule has 0 atom stereocenters. The third-order valence-electron chi connectivity index (χ3n) is 3.20. The Labute approximate surface area is 118 Å². The van der Waals surface area contributed by atoms with Gasteiger partial charge in [-0.3, -0.25) is 19.8 Å². The van der Waals surface area contributed by atoms with Crippen molar-refractivity contribution < 1.29 is 19.5 Å². The molecule has 1 aliphatic rings. The molecule has 7 nitrogen and oxygen atoms in total. The zero-order chi connectivity index (χ0) is 15.0. The number of hydrogen-bond donors (Lipinski definition) is 3. The molecule has 0 aromatic rings. The van der Waals surface area contributed by atoms with Crippen LogP contribution >= 0.6 is 0 Å².